The van der Waals surface area contributed by atoms with Crippen molar-refractivity contribution in [2.45, 2.75) is 18.9 Å². The molecule has 110 valence electrons. The third-order valence-electron chi connectivity index (χ3n) is 4.11. The molecule has 1 saturated heterocycles. The highest BCUT2D eigenvalue weighted by molar-refractivity contribution is 5.43. The Bertz CT molecular complexity index is 547. The summed E-state index contributed by atoms with van der Waals surface area (Å²) in [4.78, 5) is 2.53. The average Bonchev–Trinajstić information content (AvgIpc) is 3.05. The molecule has 0 radical (unpaired) electrons. The van der Waals surface area contributed by atoms with Crippen molar-refractivity contribution in [3.63, 3.8) is 0 Å². The van der Waals surface area contributed by atoms with Gasteiger partial charge in [0.1, 0.15) is 5.82 Å². The van der Waals surface area contributed by atoms with Crippen molar-refractivity contribution < 1.29 is 4.39 Å². The Morgan fingerprint density at radius 2 is 1.62 bits per heavy atom. The molecule has 1 aliphatic rings. The Kier molecular flexibility index (Phi) is 4.51. The predicted molar refractivity (Wildman–Crippen MR) is 84.9 cm³/mol. The van der Waals surface area contributed by atoms with E-state index in [1.54, 1.807) is 12.1 Å². The number of hydrogen-bond donors (Lipinski definition) is 1. The van der Waals surface area contributed by atoms with Crippen LogP contribution in [0.1, 0.15) is 24.4 Å². The Morgan fingerprint density at radius 3 is 2.29 bits per heavy atom. The lowest BCUT2D eigenvalue weighted by Gasteiger charge is -2.28. The fraction of sp³-hybridized carbons (Fsp3) is 0.333. The highest BCUT2D eigenvalue weighted by Crippen LogP contribution is 2.25. The first kappa shape index (κ1) is 14.1. The van der Waals surface area contributed by atoms with E-state index in [-0.39, 0.29) is 5.82 Å². The van der Waals surface area contributed by atoms with Crippen LogP contribution in [0.2, 0.25) is 0 Å². The first-order chi connectivity index (χ1) is 10.3. The molecule has 1 N–H and O–H groups in total. The standard InChI is InChI=1S/C18H21FN2/c19-16-8-10-17(11-9-16)20-14-18(21-12-4-5-13-21)15-6-2-1-3-7-15/h1-3,6-11,18,20H,4-5,12-14H2. The highest BCUT2D eigenvalue weighted by Gasteiger charge is 2.22. The van der Waals surface area contributed by atoms with Crippen LogP contribution in [-0.4, -0.2) is 24.5 Å². The van der Waals surface area contributed by atoms with Gasteiger partial charge in [-0.2, -0.15) is 0 Å². The summed E-state index contributed by atoms with van der Waals surface area (Å²) in [6.45, 7) is 3.16. The number of nitrogens with zero attached hydrogens (tertiary/aromatic N) is 1. The van der Waals surface area contributed by atoms with Gasteiger partial charge < -0.3 is 5.32 Å². The van der Waals surface area contributed by atoms with Crippen molar-refractivity contribution in [1.82, 2.24) is 4.90 Å². The number of benzene rings is 2. The van der Waals surface area contributed by atoms with Gasteiger partial charge in [-0.25, -0.2) is 4.39 Å². The maximum absolute atomic E-state index is 13.0. The fourth-order valence-corrected chi connectivity index (χ4v) is 2.97. The second-order valence-electron chi connectivity index (χ2n) is 5.56. The number of rotatable bonds is 5. The zero-order valence-corrected chi connectivity index (χ0v) is 12.1. The van der Waals surface area contributed by atoms with Crippen molar-refractivity contribution >= 4 is 5.69 Å². The monoisotopic (exact) mass is 284 g/mol. The van der Waals surface area contributed by atoms with E-state index in [1.165, 1.54) is 30.5 Å². The van der Waals surface area contributed by atoms with Gasteiger partial charge in [-0.1, -0.05) is 30.3 Å². The van der Waals surface area contributed by atoms with E-state index in [9.17, 15) is 4.39 Å². The molecule has 2 nitrogen and oxygen atoms in total. The predicted octanol–water partition coefficient (Wildman–Crippen LogP) is 4.07. The molecule has 1 unspecified atom stereocenters. The molecule has 0 bridgehead atoms. The van der Waals surface area contributed by atoms with Gasteiger partial charge in [0, 0.05) is 12.2 Å². The van der Waals surface area contributed by atoms with E-state index in [2.05, 4.69) is 40.5 Å². The second kappa shape index (κ2) is 6.72. The van der Waals surface area contributed by atoms with Crippen molar-refractivity contribution in [1.29, 1.82) is 0 Å². The number of halogens is 1. The van der Waals surface area contributed by atoms with E-state index in [0.29, 0.717) is 6.04 Å². The molecule has 0 aromatic heterocycles. The Hall–Kier alpha value is -1.87. The van der Waals surface area contributed by atoms with Gasteiger partial charge in [0.25, 0.3) is 0 Å². The van der Waals surface area contributed by atoms with Crippen molar-refractivity contribution in [3.05, 3.63) is 66.0 Å². The fourth-order valence-electron chi connectivity index (χ4n) is 2.97. The molecular weight excluding hydrogens is 263 g/mol. The van der Waals surface area contributed by atoms with Gasteiger partial charge in [-0.15, -0.1) is 0 Å². The van der Waals surface area contributed by atoms with Crippen LogP contribution in [-0.2, 0) is 0 Å². The summed E-state index contributed by atoms with van der Waals surface area (Å²) in [6, 6.07) is 17.6. The van der Waals surface area contributed by atoms with Gasteiger partial charge in [0.15, 0.2) is 0 Å². The van der Waals surface area contributed by atoms with Crippen LogP contribution >= 0.6 is 0 Å². The maximum atomic E-state index is 13.0. The SMILES string of the molecule is Fc1ccc(NCC(c2ccccc2)N2CCCC2)cc1. The summed E-state index contributed by atoms with van der Waals surface area (Å²) in [5, 5.41) is 3.44. The van der Waals surface area contributed by atoms with E-state index in [4.69, 9.17) is 0 Å². The molecule has 3 heteroatoms. The molecule has 2 aromatic rings. The summed E-state index contributed by atoms with van der Waals surface area (Å²) in [6.07, 6.45) is 2.56. The summed E-state index contributed by atoms with van der Waals surface area (Å²) in [5.74, 6) is -0.195. The molecular formula is C18H21FN2. The third kappa shape index (κ3) is 3.61. The smallest absolute Gasteiger partial charge is 0.123 e. The minimum atomic E-state index is -0.195. The first-order valence-corrected chi connectivity index (χ1v) is 7.61. The minimum absolute atomic E-state index is 0.195. The van der Waals surface area contributed by atoms with E-state index < -0.39 is 0 Å². The Balaban J connectivity index is 1.71. The van der Waals surface area contributed by atoms with Crippen LogP contribution in [0.25, 0.3) is 0 Å². The Labute approximate surface area is 125 Å². The van der Waals surface area contributed by atoms with Crippen molar-refractivity contribution in [3.8, 4) is 0 Å². The lowest BCUT2D eigenvalue weighted by Crippen LogP contribution is -2.31. The normalized spacial score (nSPS) is 16.8. The topological polar surface area (TPSA) is 15.3 Å². The van der Waals surface area contributed by atoms with E-state index in [1.807, 2.05) is 0 Å². The molecule has 0 saturated carbocycles. The average molecular weight is 284 g/mol. The molecule has 0 aliphatic carbocycles. The number of anilines is 1. The maximum Gasteiger partial charge on any atom is 0.123 e. The molecule has 1 fully saturated rings. The molecule has 1 atom stereocenters. The summed E-state index contributed by atoms with van der Waals surface area (Å²) >= 11 is 0. The van der Waals surface area contributed by atoms with E-state index in [0.717, 1.165) is 25.3 Å². The van der Waals surface area contributed by atoms with Crippen LogP contribution in [0, 0.1) is 5.82 Å². The number of likely N-dealkylation sites (tertiary alicyclic amines) is 1. The summed E-state index contributed by atoms with van der Waals surface area (Å²) in [5.41, 5.74) is 2.31. The van der Waals surface area contributed by atoms with Crippen LogP contribution in [0.3, 0.4) is 0 Å². The van der Waals surface area contributed by atoms with Gasteiger partial charge in [-0.05, 0) is 55.8 Å². The molecule has 3 rings (SSSR count). The first-order valence-electron chi connectivity index (χ1n) is 7.61. The number of hydrogen-bond acceptors (Lipinski definition) is 2. The summed E-state index contributed by atoms with van der Waals surface area (Å²) in [7, 11) is 0. The van der Waals surface area contributed by atoms with Gasteiger partial charge in [-0.3, -0.25) is 4.90 Å². The summed E-state index contributed by atoms with van der Waals surface area (Å²) < 4.78 is 13.0. The van der Waals surface area contributed by atoms with Gasteiger partial charge in [0.05, 0.1) is 6.04 Å². The molecule has 21 heavy (non-hydrogen) atoms. The van der Waals surface area contributed by atoms with Gasteiger partial charge in [0.2, 0.25) is 0 Å². The molecule has 2 aromatic carbocycles. The zero-order chi connectivity index (χ0) is 14.5. The lowest BCUT2D eigenvalue weighted by atomic mass is 10.1. The van der Waals surface area contributed by atoms with Crippen molar-refractivity contribution in [2.75, 3.05) is 25.0 Å². The number of nitrogens with one attached hydrogen (secondary N) is 1. The highest BCUT2D eigenvalue weighted by atomic mass is 19.1. The zero-order valence-electron chi connectivity index (χ0n) is 12.1. The van der Waals surface area contributed by atoms with E-state index >= 15 is 0 Å². The third-order valence-corrected chi connectivity index (χ3v) is 4.11. The minimum Gasteiger partial charge on any atom is -0.383 e. The molecule has 0 spiro atoms. The second-order valence-corrected chi connectivity index (χ2v) is 5.56. The quantitative estimate of drug-likeness (QED) is 0.890. The lowest BCUT2D eigenvalue weighted by molar-refractivity contribution is 0.256. The molecule has 1 heterocycles. The largest absolute Gasteiger partial charge is 0.383 e. The van der Waals surface area contributed by atoms with Gasteiger partial charge >= 0.3 is 0 Å². The van der Waals surface area contributed by atoms with Crippen molar-refractivity contribution in [2.24, 2.45) is 0 Å². The Morgan fingerprint density at radius 1 is 0.952 bits per heavy atom. The molecule has 1 aliphatic heterocycles. The van der Waals surface area contributed by atoms with Crippen LogP contribution in [0.5, 0.6) is 0 Å². The van der Waals surface area contributed by atoms with Crippen LogP contribution < -0.4 is 5.32 Å². The van der Waals surface area contributed by atoms with Crippen LogP contribution in [0.15, 0.2) is 54.6 Å². The van der Waals surface area contributed by atoms with Crippen LogP contribution in [0.4, 0.5) is 10.1 Å². The molecule has 0 amide bonds.